The molecule has 0 heterocycles. The van der Waals surface area contributed by atoms with E-state index in [0.717, 1.165) is 5.92 Å². The van der Waals surface area contributed by atoms with Crippen LogP contribution in [0.5, 0.6) is 0 Å². The van der Waals surface area contributed by atoms with Gasteiger partial charge in [0.05, 0.1) is 0 Å². The number of allylic oxidation sites excluding steroid dienone is 1. The van der Waals surface area contributed by atoms with Gasteiger partial charge in [0, 0.05) is 0 Å². The Hall–Kier alpha value is -0.260. The summed E-state index contributed by atoms with van der Waals surface area (Å²) in [6.07, 6.45) is 8.94. The van der Waals surface area contributed by atoms with E-state index >= 15 is 0 Å². The molecule has 0 aromatic rings. The van der Waals surface area contributed by atoms with E-state index in [4.69, 9.17) is 0 Å². The molecule has 0 spiro atoms. The lowest BCUT2D eigenvalue weighted by Gasteiger charge is -2.21. The van der Waals surface area contributed by atoms with E-state index in [1.807, 2.05) is 0 Å². The normalized spacial score (nSPS) is 37.5. The first-order chi connectivity index (χ1) is 5.20. The summed E-state index contributed by atoms with van der Waals surface area (Å²) in [5.41, 5.74) is 0.660. The lowest BCUT2D eigenvalue weighted by Crippen LogP contribution is -2.09. The molecule has 1 aliphatic carbocycles. The Kier molecular flexibility index (Phi) is 2.75. The highest BCUT2D eigenvalue weighted by atomic mass is 14.4. The molecule has 0 heteroatoms. The fraction of sp³-hybridized carbons (Fsp3) is 0.818. The van der Waals surface area contributed by atoms with Gasteiger partial charge >= 0.3 is 0 Å². The third-order valence-electron chi connectivity index (χ3n) is 3.29. The molecule has 1 rings (SSSR count). The summed E-state index contributed by atoms with van der Waals surface area (Å²) in [6.45, 7) is 8.54. The molecule has 0 nitrogen and oxygen atoms in total. The summed E-state index contributed by atoms with van der Waals surface area (Å²) in [6, 6.07) is 0. The van der Waals surface area contributed by atoms with Gasteiger partial charge in [-0.25, -0.2) is 0 Å². The number of hydrogen-bond donors (Lipinski definition) is 0. The Morgan fingerprint density at radius 2 is 2.36 bits per heavy atom. The minimum absolute atomic E-state index is 0.660. The Morgan fingerprint density at radius 1 is 1.64 bits per heavy atom. The molecule has 2 atom stereocenters. The Labute approximate surface area is 70.7 Å². The zero-order valence-corrected chi connectivity index (χ0v) is 7.90. The van der Waals surface area contributed by atoms with Gasteiger partial charge in [-0.3, -0.25) is 0 Å². The van der Waals surface area contributed by atoms with Gasteiger partial charge in [-0.15, -0.1) is 6.58 Å². The second-order valence-corrected chi connectivity index (χ2v) is 4.30. The van der Waals surface area contributed by atoms with Crippen molar-refractivity contribution >= 4 is 0 Å². The van der Waals surface area contributed by atoms with Crippen LogP contribution in [0.4, 0.5) is 0 Å². The second kappa shape index (κ2) is 3.42. The SMILES string of the molecule is C=CCC1CCC(C)(CC)C1. The van der Waals surface area contributed by atoms with Crippen LogP contribution in [0, 0.1) is 11.3 Å². The maximum atomic E-state index is 3.80. The third-order valence-corrected chi connectivity index (χ3v) is 3.29. The quantitative estimate of drug-likeness (QED) is 0.540. The fourth-order valence-corrected chi connectivity index (χ4v) is 2.21. The van der Waals surface area contributed by atoms with Gasteiger partial charge in [0.1, 0.15) is 0 Å². The zero-order valence-electron chi connectivity index (χ0n) is 7.90. The van der Waals surface area contributed by atoms with E-state index < -0.39 is 0 Å². The molecular weight excluding hydrogens is 132 g/mol. The molecule has 2 unspecified atom stereocenters. The van der Waals surface area contributed by atoms with Crippen molar-refractivity contribution in [2.24, 2.45) is 11.3 Å². The number of rotatable bonds is 3. The summed E-state index contributed by atoms with van der Waals surface area (Å²) in [5, 5.41) is 0. The van der Waals surface area contributed by atoms with Crippen molar-refractivity contribution in [1.82, 2.24) is 0 Å². The average Bonchev–Trinajstić information content (AvgIpc) is 2.35. The largest absolute Gasteiger partial charge is 0.103 e. The molecule has 0 aromatic heterocycles. The maximum absolute atomic E-state index is 3.80. The molecule has 0 aromatic carbocycles. The van der Waals surface area contributed by atoms with Gasteiger partial charge in [0.25, 0.3) is 0 Å². The van der Waals surface area contributed by atoms with E-state index in [-0.39, 0.29) is 0 Å². The minimum Gasteiger partial charge on any atom is -0.103 e. The zero-order chi connectivity index (χ0) is 8.32. The first kappa shape index (κ1) is 8.83. The van der Waals surface area contributed by atoms with Crippen molar-refractivity contribution in [2.75, 3.05) is 0 Å². The van der Waals surface area contributed by atoms with Crippen LogP contribution in [0.2, 0.25) is 0 Å². The van der Waals surface area contributed by atoms with Gasteiger partial charge < -0.3 is 0 Å². The van der Waals surface area contributed by atoms with Crippen LogP contribution in [-0.4, -0.2) is 0 Å². The van der Waals surface area contributed by atoms with Crippen molar-refractivity contribution in [1.29, 1.82) is 0 Å². The van der Waals surface area contributed by atoms with Crippen molar-refractivity contribution in [3.05, 3.63) is 12.7 Å². The van der Waals surface area contributed by atoms with Crippen LogP contribution in [0.3, 0.4) is 0 Å². The van der Waals surface area contributed by atoms with E-state index in [2.05, 4.69) is 26.5 Å². The van der Waals surface area contributed by atoms with Crippen LogP contribution < -0.4 is 0 Å². The van der Waals surface area contributed by atoms with Crippen LogP contribution >= 0.6 is 0 Å². The first-order valence-corrected chi connectivity index (χ1v) is 4.81. The van der Waals surface area contributed by atoms with Crippen LogP contribution in [0.15, 0.2) is 12.7 Å². The molecule has 1 fully saturated rings. The monoisotopic (exact) mass is 152 g/mol. The molecule has 0 aliphatic heterocycles. The van der Waals surface area contributed by atoms with Crippen molar-refractivity contribution < 1.29 is 0 Å². The van der Waals surface area contributed by atoms with Crippen LogP contribution in [0.1, 0.15) is 46.0 Å². The van der Waals surface area contributed by atoms with Crippen molar-refractivity contribution in [3.63, 3.8) is 0 Å². The Morgan fingerprint density at radius 3 is 2.82 bits per heavy atom. The van der Waals surface area contributed by atoms with Crippen molar-refractivity contribution in [2.45, 2.75) is 46.0 Å². The second-order valence-electron chi connectivity index (χ2n) is 4.30. The lowest BCUT2D eigenvalue weighted by atomic mass is 9.85. The fourth-order valence-electron chi connectivity index (χ4n) is 2.21. The van der Waals surface area contributed by atoms with Crippen molar-refractivity contribution in [3.8, 4) is 0 Å². The molecule has 1 saturated carbocycles. The molecule has 0 radical (unpaired) electrons. The average molecular weight is 152 g/mol. The first-order valence-electron chi connectivity index (χ1n) is 4.81. The highest BCUT2D eigenvalue weighted by Crippen LogP contribution is 2.44. The van der Waals surface area contributed by atoms with Gasteiger partial charge in [0.15, 0.2) is 0 Å². The summed E-state index contributed by atoms with van der Waals surface area (Å²) < 4.78 is 0. The molecule has 0 bridgehead atoms. The van der Waals surface area contributed by atoms with E-state index in [0.29, 0.717) is 5.41 Å². The third kappa shape index (κ3) is 2.08. The highest BCUT2D eigenvalue weighted by molar-refractivity contribution is 4.87. The molecule has 0 amide bonds. The van der Waals surface area contributed by atoms with Crippen LogP contribution in [0.25, 0.3) is 0 Å². The predicted molar refractivity (Wildman–Crippen MR) is 50.6 cm³/mol. The molecule has 11 heavy (non-hydrogen) atoms. The smallest absolute Gasteiger partial charge is 0.0325 e. The van der Waals surface area contributed by atoms with Gasteiger partial charge in [-0.05, 0) is 37.0 Å². The highest BCUT2D eigenvalue weighted by Gasteiger charge is 2.32. The predicted octanol–water partition coefficient (Wildman–Crippen LogP) is 3.78. The van der Waals surface area contributed by atoms with E-state index in [1.54, 1.807) is 0 Å². The standard InChI is InChI=1S/C11H20/c1-4-6-10-7-8-11(3,5-2)9-10/h4,10H,1,5-9H2,2-3H3. The Balaban J connectivity index is 2.39. The summed E-state index contributed by atoms with van der Waals surface area (Å²) >= 11 is 0. The van der Waals surface area contributed by atoms with E-state index in [9.17, 15) is 0 Å². The maximum Gasteiger partial charge on any atom is -0.0325 e. The molecule has 0 saturated heterocycles. The van der Waals surface area contributed by atoms with E-state index in [1.165, 1.54) is 32.1 Å². The van der Waals surface area contributed by atoms with Gasteiger partial charge in [0.2, 0.25) is 0 Å². The Bertz CT molecular complexity index is 137. The summed E-state index contributed by atoms with van der Waals surface area (Å²) in [4.78, 5) is 0. The molecule has 64 valence electrons. The minimum atomic E-state index is 0.660. The number of hydrogen-bond acceptors (Lipinski definition) is 0. The lowest BCUT2D eigenvalue weighted by molar-refractivity contribution is 0.308. The van der Waals surface area contributed by atoms with Gasteiger partial charge in [-0.1, -0.05) is 26.3 Å². The summed E-state index contributed by atoms with van der Waals surface area (Å²) in [7, 11) is 0. The molecule has 0 N–H and O–H groups in total. The molecular formula is C11H20. The topological polar surface area (TPSA) is 0 Å². The van der Waals surface area contributed by atoms with Gasteiger partial charge in [-0.2, -0.15) is 0 Å². The van der Waals surface area contributed by atoms with Crippen LogP contribution in [-0.2, 0) is 0 Å². The summed E-state index contributed by atoms with van der Waals surface area (Å²) in [5.74, 6) is 0.942. The molecule has 1 aliphatic rings.